The van der Waals surface area contributed by atoms with Gasteiger partial charge in [0.05, 0.1) is 12.0 Å². The second-order valence-electron chi connectivity index (χ2n) is 5.12. The van der Waals surface area contributed by atoms with Crippen LogP contribution in [0.15, 0.2) is 24.3 Å². The van der Waals surface area contributed by atoms with Gasteiger partial charge in [0.25, 0.3) is 0 Å². The number of aryl methyl sites for hydroxylation is 1. The van der Waals surface area contributed by atoms with Crippen LogP contribution >= 0.6 is 0 Å². The molecule has 0 saturated heterocycles. The first kappa shape index (κ1) is 12.2. The Balaban J connectivity index is 2.12. The molecule has 2 heteroatoms. The molecule has 2 nitrogen and oxygen atoms in total. The highest BCUT2D eigenvalue weighted by atomic mass is 16.5. The van der Waals surface area contributed by atoms with E-state index in [2.05, 4.69) is 24.3 Å². The summed E-state index contributed by atoms with van der Waals surface area (Å²) in [5.41, 5.74) is 2.72. The van der Waals surface area contributed by atoms with Crippen molar-refractivity contribution in [2.24, 2.45) is 5.92 Å². The summed E-state index contributed by atoms with van der Waals surface area (Å²) in [6.07, 6.45) is 2.12. The smallest absolute Gasteiger partial charge is 0.309 e. The van der Waals surface area contributed by atoms with Crippen LogP contribution in [0.2, 0.25) is 0 Å². The highest BCUT2D eigenvalue weighted by Gasteiger charge is 2.32. The Kier molecular flexibility index (Phi) is 3.51. The van der Waals surface area contributed by atoms with Gasteiger partial charge in [-0.05, 0) is 43.7 Å². The van der Waals surface area contributed by atoms with Crippen molar-refractivity contribution in [2.75, 3.05) is 0 Å². The predicted octanol–water partition coefficient (Wildman–Crippen LogP) is 3.30. The Bertz CT molecular complexity index is 409. The standard InChI is InChI=1S/C15H20O2/c1-10(2)17-15(16)11(3)13-9-8-12-6-4-5-7-14(12)13/h4-7,10-11,13H,8-9H2,1-3H3. The number of fused-ring (bicyclic) bond motifs is 1. The zero-order valence-corrected chi connectivity index (χ0v) is 10.8. The molecule has 1 aliphatic rings. The zero-order valence-electron chi connectivity index (χ0n) is 10.8. The minimum absolute atomic E-state index is 0.0263. The van der Waals surface area contributed by atoms with E-state index in [-0.39, 0.29) is 18.0 Å². The molecule has 0 N–H and O–H groups in total. The molecular weight excluding hydrogens is 212 g/mol. The van der Waals surface area contributed by atoms with E-state index in [1.807, 2.05) is 20.8 Å². The second kappa shape index (κ2) is 4.91. The molecule has 0 spiro atoms. The fraction of sp³-hybridized carbons (Fsp3) is 0.533. The SMILES string of the molecule is CC(C)OC(=O)C(C)C1CCc2ccccc21. The van der Waals surface area contributed by atoms with Gasteiger partial charge in [0, 0.05) is 0 Å². The number of esters is 1. The third-order valence-electron chi connectivity index (χ3n) is 3.51. The third-order valence-corrected chi connectivity index (χ3v) is 3.51. The first-order valence-corrected chi connectivity index (χ1v) is 6.38. The van der Waals surface area contributed by atoms with Crippen LogP contribution in [0.5, 0.6) is 0 Å². The molecule has 0 fully saturated rings. The van der Waals surface area contributed by atoms with Crippen LogP contribution in [0.1, 0.15) is 44.2 Å². The summed E-state index contributed by atoms with van der Waals surface area (Å²) >= 11 is 0. The van der Waals surface area contributed by atoms with Gasteiger partial charge in [-0.15, -0.1) is 0 Å². The van der Waals surface area contributed by atoms with Crippen molar-refractivity contribution in [3.8, 4) is 0 Å². The van der Waals surface area contributed by atoms with E-state index < -0.39 is 0 Å². The maximum atomic E-state index is 11.9. The predicted molar refractivity (Wildman–Crippen MR) is 67.9 cm³/mol. The molecule has 0 bridgehead atoms. The second-order valence-corrected chi connectivity index (χ2v) is 5.12. The Morgan fingerprint density at radius 1 is 1.29 bits per heavy atom. The van der Waals surface area contributed by atoms with Crippen LogP contribution in [0.4, 0.5) is 0 Å². The lowest BCUT2D eigenvalue weighted by molar-refractivity contribution is -0.152. The molecule has 0 amide bonds. The minimum atomic E-state index is -0.0679. The van der Waals surface area contributed by atoms with Crippen LogP contribution < -0.4 is 0 Å². The van der Waals surface area contributed by atoms with Gasteiger partial charge in [-0.1, -0.05) is 31.2 Å². The molecular formula is C15H20O2. The maximum Gasteiger partial charge on any atom is 0.309 e. The number of carbonyl (C=O) groups excluding carboxylic acids is 1. The van der Waals surface area contributed by atoms with Crippen molar-refractivity contribution in [3.05, 3.63) is 35.4 Å². The molecule has 92 valence electrons. The number of carbonyl (C=O) groups is 1. The van der Waals surface area contributed by atoms with Crippen molar-refractivity contribution in [1.29, 1.82) is 0 Å². The fourth-order valence-electron chi connectivity index (χ4n) is 2.61. The first-order chi connectivity index (χ1) is 8.09. The van der Waals surface area contributed by atoms with Crippen LogP contribution in [0.3, 0.4) is 0 Å². The molecule has 1 aromatic carbocycles. The number of hydrogen-bond acceptors (Lipinski definition) is 2. The molecule has 0 heterocycles. The van der Waals surface area contributed by atoms with Gasteiger partial charge >= 0.3 is 5.97 Å². The summed E-state index contributed by atoms with van der Waals surface area (Å²) in [6, 6.07) is 8.43. The highest BCUT2D eigenvalue weighted by molar-refractivity contribution is 5.73. The Morgan fingerprint density at radius 3 is 2.71 bits per heavy atom. The van der Waals surface area contributed by atoms with Gasteiger partial charge in [0.15, 0.2) is 0 Å². The number of benzene rings is 1. The summed E-state index contributed by atoms with van der Waals surface area (Å²) in [5.74, 6) is 0.222. The lowest BCUT2D eigenvalue weighted by Gasteiger charge is -2.20. The Morgan fingerprint density at radius 2 is 2.00 bits per heavy atom. The van der Waals surface area contributed by atoms with Crippen molar-refractivity contribution >= 4 is 5.97 Å². The summed E-state index contributed by atoms with van der Waals surface area (Å²) in [5, 5.41) is 0. The minimum Gasteiger partial charge on any atom is -0.463 e. The number of ether oxygens (including phenoxy) is 1. The van der Waals surface area contributed by atoms with E-state index in [0.717, 1.165) is 12.8 Å². The zero-order chi connectivity index (χ0) is 12.4. The molecule has 1 aromatic rings. The quantitative estimate of drug-likeness (QED) is 0.747. The topological polar surface area (TPSA) is 26.3 Å². The third kappa shape index (κ3) is 2.51. The molecule has 2 atom stereocenters. The van der Waals surface area contributed by atoms with E-state index >= 15 is 0 Å². The fourth-order valence-corrected chi connectivity index (χ4v) is 2.61. The summed E-state index contributed by atoms with van der Waals surface area (Å²) in [7, 11) is 0. The molecule has 0 saturated carbocycles. The lowest BCUT2D eigenvalue weighted by Crippen LogP contribution is -2.23. The molecule has 2 rings (SSSR count). The van der Waals surface area contributed by atoms with E-state index in [9.17, 15) is 4.79 Å². The van der Waals surface area contributed by atoms with Gasteiger partial charge < -0.3 is 4.74 Å². The average Bonchev–Trinajstić information content (AvgIpc) is 2.70. The highest BCUT2D eigenvalue weighted by Crippen LogP contribution is 2.38. The van der Waals surface area contributed by atoms with Crippen molar-refractivity contribution in [2.45, 2.75) is 45.6 Å². The van der Waals surface area contributed by atoms with Crippen LogP contribution in [-0.4, -0.2) is 12.1 Å². The van der Waals surface area contributed by atoms with Crippen LogP contribution in [0, 0.1) is 5.92 Å². The van der Waals surface area contributed by atoms with Gasteiger partial charge in [-0.25, -0.2) is 0 Å². The van der Waals surface area contributed by atoms with Crippen molar-refractivity contribution in [1.82, 2.24) is 0 Å². The molecule has 2 unspecified atom stereocenters. The molecule has 0 aromatic heterocycles. The van der Waals surface area contributed by atoms with E-state index in [1.54, 1.807) is 0 Å². The van der Waals surface area contributed by atoms with Gasteiger partial charge in [0.2, 0.25) is 0 Å². The van der Waals surface area contributed by atoms with Crippen molar-refractivity contribution < 1.29 is 9.53 Å². The molecule has 0 radical (unpaired) electrons. The van der Waals surface area contributed by atoms with Crippen molar-refractivity contribution in [3.63, 3.8) is 0 Å². The van der Waals surface area contributed by atoms with E-state index in [1.165, 1.54) is 11.1 Å². The summed E-state index contributed by atoms with van der Waals surface area (Å²) in [4.78, 5) is 11.9. The maximum absolute atomic E-state index is 11.9. The average molecular weight is 232 g/mol. The van der Waals surface area contributed by atoms with E-state index in [4.69, 9.17) is 4.74 Å². The van der Waals surface area contributed by atoms with Gasteiger partial charge in [-0.2, -0.15) is 0 Å². The van der Waals surface area contributed by atoms with Crippen LogP contribution in [-0.2, 0) is 16.0 Å². The molecule has 0 aliphatic heterocycles. The Labute approximate surface area is 103 Å². The monoisotopic (exact) mass is 232 g/mol. The first-order valence-electron chi connectivity index (χ1n) is 6.38. The molecule has 17 heavy (non-hydrogen) atoms. The normalized spacial score (nSPS) is 20.1. The van der Waals surface area contributed by atoms with Crippen LogP contribution in [0.25, 0.3) is 0 Å². The van der Waals surface area contributed by atoms with E-state index in [0.29, 0.717) is 5.92 Å². The lowest BCUT2D eigenvalue weighted by atomic mass is 9.89. The van der Waals surface area contributed by atoms with Gasteiger partial charge in [-0.3, -0.25) is 4.79 Å². The number of rotatable bonds is 3. The summed E-state index contributed by atoms with van der Waals surface area (Å²) < 4.78 is 5.30. The molecule has 1 aliphatic carbocycles. The Hall–Kier alpha value is -1.31. The summed E-state index contributed by atoms with van der Waals surface area (Å²) in [6.45, 7) is 5.78. The number of hydrogen-bond donors (Lipinski definition) is 0. The largest absolute Gasteiger partial charge is 0.463 e. The van der Waals surface area contributed by atoms with Gasteiger partial charge in [0.1, 0.15) is 0 Å².